The second kappa shape index (κ2) is 9.34. The highest BCUT2D eigenvalue weighted by Crippen LogP contribution is 2.29. The van der Waals surface area contributed by atoms with Gasteiger partial charge in [0.25, 0.3) is 5.91 Å². The van der Waals surface area contributed by atoms with E-state index >= 15 is 0 Å². The molecule has 1 heterocycles. The van der Waals surface area contributed by atoms with E-state index in [-0.39, 0.29) is 22.6 Å². The summed E-state index contributed by atoms with van der Waals surface area (Å²) in [7, 11) is -2.26. The maximum Gasteiger partial charge on any atom is 0.251 e. The van der Waals surface area contributed by atoms with Crippen molar-refractivity contribution in [2.24, 2.45) is 5.73 Å². The number of nitrogens with zero attached hydrogens (tertiary/aromatic N) is 1. The van der Waals surface area contributed by atoms with Gasteiger partial charge in [-0.3, -0.25) is 4.79 Å². The summed E-state index contributed by atoms with van der Waals surface area (Å²) >= 11 is 0. The molecule has 1 atom stereocenters. The van der Waals surface area contributed by atoms with E-state index in [1.54, 1.807) is 6.07 Å². The molecule has 3 N–H and O–H groups in total. The van der Waals surface area contributed by atoms with Gasteiger partial charge in [0.1, 0.15) is 10.6 Å². The fourth-order valence-corrected chi connectivity index (χ4v) is 4.75. The average molecular weight is 384 g/mol. The average Bonchev–Trinajstić information content (AvgIpc) is 3.20. The molecule has 1 aromatic carbocycles. The topological polar surface area (TPSA) is 102 Å². The molecule has 146 valence electrons. The van der Waals surface area contributed by atoms with Gasteiger partial charge in [0.05, 0.1) is 7.11 Å². The van der Waals surface area contributed by atoms with Crippen LogP contribution < -0.4 is 15.8 Å². The summed E-state index contributed by atoms with van der Waals surface area (Å²) in [6, 6.07) is 4.38. The number of unbranched alkanes of at least 4 members (excludes halogenated alkanes) is 1. The number of hydrogen-bond acceptors (Lipinski definition) is 5. The number of nitrogens with two attached hydrogens (primary N) is 1. The second-order valence-electron chi connectivity index (χ2n) is 6.53. The van der Waals surface area contributed by atoms with Crippen LogP contribution in [-0.2, 0) is 10.0 Å². The van der Waals surface area contributed by atoms with Crippen molar-refractivity contribution in [1.29, 1.82) is 0 Å². The molecule has 0 bridgehead atoms. The van der Waals surface area contributed by atoms with Crippen molar-refractivity contribution in [3.05, 3.63) is 23.8 Å². The first-order chi connectivity index (χ1) is 12.4. The van der Waals surface area contributed by atoms with Gasteiger partial charge in [-0.05, 0) is 37.5 Å². The highest BCUT2D eigenvalue weighted by atomic mass is 32.2. The molecular formula is C18H29N3O4S. The van der Waals surface area contributed by atoms with Crippen LogP contribution in [0.15, 0.2) is 23.1 Å². The van der Waals surface area contributed by atoms with Gasteiger partial charge in [0.15, 0.2) is 0 Å². The van der Waals surface area contributed by atoms with Gasteiger partial charge in [-0.1, -0.05) is 19.8 Å². The monoisotopic (exact) mass is 383 g/mol. The van der Waals surface area contributed by atoms with Gasteiger partial charge in [-0.2, -0.15) is 4.31 Å². The SMILES string of the molecule is CCCCC(CN)NC(=O)c1ccc(OC)c(S(=O)(=O)N2CCCC2)c1. The van der Waals surface area contributed by atoms with Crippen LogP contribution in [0.4, 0.5) is 0 Å². The second-order valence-corrected chi connectivity index (χ2v) is 8.43. The standard InChI is InChI=1S/C18H29N3O4S/c1-3-4-7-15(13-19)20-18(22)14-8-9-16(25-2)17(12-14)26(23,24)21-10-5-6-11-21/h8-9,12,15H,3-7,10-11,13,19H2,1-2H3,(H,20,22). The molecule has 0 spiro atoms. The van der Waals surface area contributed by atoms with Crippen molar-refractivity contribution in [1.82, 2.24) is 9.62 Å². The molecule has 26 heavy (non-hydrogen) atoms. The lowest BCUT2D eigenvalue weighted by atomic mass is 10.1. The minimum Gasteiger partial charge on any atom is -0.495 e. The molecule has 0 aromatic heterocycles. The largest absolute Gasteiger partial charge is 0.495 e. The molecule has 0 aliphatic carbocycles. The molecule has 1 aliphatic heterocycles. The number of methoxy groups -OCH3 is 1. The molecule has 1 unspecified atom stereocenters. The minimum atomic E-state index is -3.68. The summed E-state index contributed by atoms with van der Waals surface area (Å²) in [6.07, 6.45) is 4.48. The summed E-state index contributed by atoms with van der Waals surface area (Å²) in [4.78, 5) is 12.6. The minimum absolute atomic E-state index is 0.0346. The van der Waals surface area contributed by atoms with Crippen LogP contribution in [0.2, 0.25) is 0 Å². The molecule has 1 aromatic rings. The number of ether oxygens (including phenoxy) is 1. The Morgan fingerprint density at radius 1 is 1.35 bits per heavy atom. The fourth-order valence-electron chi connectivity index (χ4n) is 3.06. The Bertz CT molecular complexity index is 715. The van der Waals surface area contributed by atoms with Gasteiger partial charge < -0.3 is 15.8 Å². The van der Waals surface area contributed by atoms with Crippen molar-refractivity contribution in [3.8, 4) is 5.75 Å². The lowest BCUT2D eigenvalue weighted by molar-refractivity contribution is 0.0935. The Balaban J connectivity index is 2.27. The molecule has 7 nitrogen and oxygen atoms in total. The number of nitrogens with one attached hydrogen (secondary N) is 1. The van der Waals surface area contributed by atoms with Gasteiger partial charge in [0, 0.05) is 31.2 Å². The van der Waals surface area contributed by atoms with Gasteiger partial charge >= 0.3 is 0 Å². The molecule has 2 rings (SSSR count). The van der Waals surface area contributed by atoms with Crippen molar-refractivity contribution in [3.63, 3.8) is 0 Å². The zero-order valence-electron chi connectivity index (χ0n) is 15.5. The lowest BCUT2D eigenvalue weighted by Gasteiger charge is -2.19. The molecule has 8 heteroatoms. The summed E-state index contributed by atoms with van der Waals surface area (Å²) in [5.41, 5.74) is 6.02. The van der Waals surface area contributed by atoms with Crippen molar-refractivity contribution < 1.29 is 17.9 Å². The van der Waals surface area contributed by atoms with Crippen molar-refractivity contribution in [2.45, 2.75) is 50.0 Å². The maximum absolute atomic E-state index is 12.9. The predicted octanol–water partition coefficient (Wildman–Crippen LogP) is 1.73. The van der Waals surface area contributed by atoms with Crippen LogP contribution in [0.5, 0.6) is 5.75 Å². The summed E-state index contributed by atoms with van der Waals surface area (Å²) < 4.78 is 32.5. The molecule has 1 saturated heterocycles. The Morgan fingerprint density at radius 2 is 2.04 bits per heavy atom. The molecule has 1 aliphatic rings. The summed E-state index contributed by atoms with van der Waals surface area (Å²) in [5.74, 6) is -0.0770. The predicted molar refractivity (Wildman–Crippen MR) is 101 cm³/mol. The van der Waals surface area contributed by atoms with Crippen molar-refractivity contribution in [2.75, 3.05) is 26.7 Å². The van der Waals surface area contributed by atoms with Crippen LogP contribution in [0.3, 0.4) is 0 Å². The summed E-state index contributed by atoms with van der Waals surface area (Å²) in [6.45, 7) is 3.41. The van der Waals surface area contributed by atoms with E-state index < -0.39 is 10.0 Å². The number of carbonyl (C=O) groups excluding carboxylic acids is 1. The highest BCUT2D eigenvalue weighted by Gasteiger charge is 2.30. The Kier molecular flexibility index (Phi) is 7.43. The Morgan fingerprint density at radius 3 is 2.62 bits per heavy atom. The molecule has 0 radical (unpaired) electrons. The number of hydrogen-bond donors (Lipinski definition) is 2. The normalized spacial score (nSPS) is 16.4. The van der Waals surface area contributed by atoms with Gasteiger partial charge in [0.2, 0.25) is 10.0 Å². The van der Waals surface area contributed by atoms with Crippen LogP contribution in [0, 0.1) is 0 Å². The third-order valence-electron chi connectivity index (χ3n) is 4.63. The molecule has 0 saturated carbocycles. The number of amides is 1. The molecule has 1 fully saturated rings. The first-order valence-corrected chi connectivity index (χ1v) is 10.6. The Labute approximate surface area is 155 Å². The van der Waals surface area contributed by atoms with E-state index in [1.165, 1.54) is 23.5 Å². The van der Waals surface area contributed by atoms with Crippen LogP contribution >= 0.6 is 0 Å². The van der Waals surface area contributed by atoms with Crippen LogP contribution in [0.1, 0.15) is 49.4 Å². The van der Waals surface area contributed by atoms with Crippen molar-refractivity contribution >= 4 is 15.9 Å². The summed E-state index contributed by atoms with van der Waals surface area (Å²) in [5, 5.41) is 2.89. The third-order valence-corrected chi connectivity index (χ3v) is 6.55. The molecule has 1 amide bonds. The maximum atomic E-state index is 12.9. The third kappa shape index (κ3) is 4.75. The zero-order valence-corrected chi connectivity index (χ0v) is 16.3. The number of carbonyl (C=O) groups is 1. The van der Waals surface area contributed by atoms with E-state index in [9.17, 15) is 13.2 Å². The number of benzene rings is 1. The smallest absolute Gasteiger partial charge is 0.251 e. The quantitative estimate of drug-likeness (QED) is 0.676. The zero-order chi connectivity index (χ0) is 19.2. The first kappa shape index (κ1) is 20.7. The van der Waals surface area contributed by atoms with E-state index in [1.807, 2.05) is 0 Å². The molecular weight excluding hydrogens is 354 g/mol. The van der Waals surface area contributed by atoms with Gasteiger partial charge in [-0.25, -0.2) is 8.42 Å². The van der Waals surface area contributed by atoms with Crippen LogP contribution in [-0.4, -0.2) is 51.4 Å². The van der Waals surface area contributed by atoms with E-state index in [2.05, 4.69) is 12.2 Å². The van der Waals surface area contributed by atoms with E-state index in [0.717, 1.165) is 32.1 Å². The van der Waals surface area contributed by atoms with Gasteiger partial charge in [-0.15, -0.1) is 0 Å². The lowest BCUT2D eigenvalue weighted by Crippen LogP contribution is -2.40. The van der Waals surface area contributed by atoms with Crippen LogP contribution in [0.25, 0.3) is 0 Å². The highest BCUT2D eigenvalue weighted by molar-refractivity contribution is 7.89. The first-order valence-electron chi connectivity index (χ1n) is 9.13. The van der Waals surface area contributed by atoms with E-state index in [4.69, 9.17) is 10.5 Å². The number of rotatable bonds is 9. The fraction of sp³-hybridized carbons (Fsp3) is 0.611. The number of sulfonamides is 1. The van der Waals surface area contributed by atoms with E-state index in [0.29, 0.717) is 25.2 Å². The Hall–Kier alpha value is -1.64.